The molecule has 0 aliphatic heterocycles. The molecule has 1 aromatic carbocycles. The Morgan fingerprint density at radius 1 is 1.29 bits per heavy atom. The van der Waals surface area contributed by atoms with Crippen molar-refractivity contribution in [3.8, 4) is 0 Å². The minimum absolute atomic E-state index is 0.0721. The molecule has 0 N–H and O–H groups in total. The molecule has 0 atom stereocenters. The van der Waals surface area contributed by atoms with Gasteiger partial charge in [0.25, 0.3) is 0 Å². The first-order chi connectivity index (χ1) is 6.56. The van der Waals surface area contributed by atoms with Crippen LogP contribution in [0, 0.1) is 13.8 Å². The first-order valence-electron chi connectivity index (χ1n) is 4.42. The van der Waals surface area contributed by atoms with Gasteiger partial charge < -0.3 is 0 Å². The first kappa shape index (κ1) is 11.5. The Labute approximate surface area is 94.0 Å². The van der Waals surface area contributed by atoms with Crippen LogP contribution in [-0.2, 0) is 0 Å². The normalized spacial score (nSPS) is 10.3. The Hall–Kier alpha value is -0.530. The number of halogens is 2. The van der Waals surface area contributed by atoms with Gasteiger partial charge in [0, 0.05) is 22.9 Å². The summed E-state index contributed by atoms with van der Waals surface area (Å²) in [6, 6.07) is 3.62. The van der Waals surface area contributed by atoms with Gasteiger partial charge in [-0.3, -0.25) is 4.79 Å². The topological polar surface area (TPSA) is 17.1 Å². The smallest absolute Gasteiger partial charge is 0.164 e. The first-order valence-corrected chi connectivity index (χ1v) is 5.33. The van der Waals surface area contributed by atoms with Gasteiger partial charge in [-0.25, -0.2) is 0 Å². The summed E-state index contributed by atoms with van der Waals surface area (Å²) in [7, 11) is 0. The lowest BCUT2D eigenvalue weighted by atomic mass is 10.0. The molecule has 76 valence electrons. The van der Waals surface area contributed by atoms with Gasteiger partial charge in [0.15, 0.2) is 5.78 Å². The molecule has 0 bridgehead atoms. The second-order valence-electron chi connectivity index (χ2n) is 3.29. The van der Waals surface area contributed by atoms with E-state index in [9.17, 15) is 4.79 Å². The molecular formula is C11H12Cl2O. The number of rotatable bonds is 3. The third-order valence-electron chi connectivity index (χ3n) is 2.08. The number of Topliss-reactive ketones (excluding diaryl/α,β-unsaturated/α-hetero) is 1. The predicted octanol–water partition coefficient (Wildman–Crippen LogP) is 3.77. The average molecular weight is 231 g/mol. The van der Waals surface area contributed by atoms with Gasteiger partial charge >= 0.3 is 0 Å². The third kappa shape index (κ3) is 2.49. The van der Waals surface area contributed by atoms with Crippen molar-refractivity contribution in [3.05, 3.63) is 33.8 Å². The van der Waals surface area contributed by atoms with Crippen LogP contribution in [0.25, 0.3) is 0 Å². The van der Waals surface area contributed by atoms with E-state index in [0.29, 0.717) is 17.9 Å². The molecule has 0 amide bonds. The molecule has 0 saturated carbocycles. The van der Waals surface area contributed by atoms with Crippen molar-refractivity contribution in [3.63, 3.8) is 0 Å². The minimum Gasteiger partial charge on any atom is -0.294 e. The number of ketones is 1. The lowest BCUT2D eigenvalue weighted by molar-refractivity contribution is 0.0989. The van der Waals surface area contributed by atoms with E-state index in [1.165, 1.54) is 0 Å². The SMILES string of the molecule is Cc1cc(C(=O)CCCl)cc(C)c1Cl. The molecule has 1 rings (SSSR count). The lowest BCUT2D eigenvalue weighted by Gasteiger charge is -2.06. The second-order valence-corrected chi connectivity index (χ2v) is 4.04. The zero-order chi connectivity index (χ0) is 10.7. The molecule has 3 heteroatoms. The molecule has 14 heavy (non-hydrogen) atoms. The largest absolute Gasteiger partial charge is 0.294 e. The minimum atomic E-state index is 0.0721. The molecule has 0 heterocycles. The standard InChI is InChI=1S/C11H12Cl2O/c1-7-5-9(10(14)3-4-12)6-8(2)11(7)13/h5-6H,3-4H2,1-2H3. The monoisotopic (exact) mass is 230 g/mol. The highest BCUT2D eigenvalue weighted by Crippen LogP contribution is 2.22. The van der Waals surface area contributed by atoms with Gasteiger partial charge in [-0.15, -0.1) is 11.6 Å². The van der Waals surface area contributed by atoms with Gasteiger partial charge in [0.2, 0.25) is 0 Å². The summed E-state index contributed by atoms with van der Waals surface area (Å²) in [6.07, 6.45) is 0.377. The van der Waals surface area contributed by atoms with Gasteiger partial charge in [-0.2, -0.15) is 0 Å². The van der Waals surface area contributed by atoms with Crippen LogP contribution < -0.4 is 0 Å². The van der Waals surface area contributed by atoms with Crippen molar-refractivity contribution in [2.45, 2.75) is 20.3 Å². The van der Waals surface area contributed by atoms with Crippen molar-refractivity contribution in [1.29, 1.82) is 0 Å². The number of carbonyl (C=O) groups excluding carboxylic acids is 1. The predicted molar refractivity (Wildman–Crippen MR) is 60.6 cm³/mol. The molecule has 0 fully saturated rings. The number of aryl methyl sites for hydroxylation is 2. The summed E-state index contributed by atoms with van der Waals surface area (Å²) < 4.78 is 0. The summed E-state index contributed by atoms with van der Waals surface area (Å²) in [4.78, 5) is 11.5. The molecule has 1 nitrogen and oxygen atoms in total. The van der Waals surface area contributed by atoms with Gasteiger partial charge in [0.05, 0.1) is 0 Å². The fraction of sp³-hybridized carbons (Fsp3) is 0.364. The Bertz CT molecular complexity index is 335. The van der Waals surface area contributed by atoms with Crippen molar-refractivity contribution < 1.29 is 4.79 Å². The lowest BCUT2D eigenvalue weighted by Crippen LogP contribution is -2.01. The molecular weight excluding hydrogens is 219 g/mol. The van der Waals surface area contributed by atoms with Crippen LogP contribution in [0.15, 0.2) is 12.1 Å². The van der Waals surface area contributed by atoms with E-state index in [-0.39, 0.29) is 5.78 Å². The molecule has 0 aromatic heterocycles. The highest BCUT2D eigenvalue weighted by atomic mass is 35.5. The maximum absolute atomic E-state index is 11.5. The van der Waals surface area contributed by atoms with E-state index in [2.05, 4.69) is 0 Å². The molecule has 0 unspecified atom stereocenters. The van der Waals surface area contributed by atoms with Gasteiger partial charge in [-0.05, 0) is 37.1 Å². The zero-order valence-electron chi connectivity index (χ0n) is 8.23. The molecule has 0 spiro atoms. The maximum atomic E-state index is 11.5. The van der Waals surface area contributed by atoms with Crippen LogP contribution >= 0.6 is 23.2 Å². The van der Waals surface area contributed by atoms with Crippen LogP contribution in [0.2, 0.25) is 5.02 Å². The maximum Gasteiger partial charge on any atom is 0.164 e. The quantitative estimate of drug-likeness (QED) is 0.571. The van der Waals surface area contributed by atoms with E-state index >= 15 is 0 Å². The molecule has 0 saturated heterocycles. The number of alkyl halides is 1. The molecule has 0 radical (unpaired) electrons. The van der Waals surface area contributed by atoms with E-state index in [1.54, 1.807) is 0 Å². The Morgan fingerprint density at radius 2 is 1.79 bits per heavy atom. The third-order valence-corrected chi connectivity index (χ3v) is 2.87. The van der Waals surface area contributed by atoms with Crippen molar-refractivity contribution in [2.75, 3.05) is 5.88 Å². The summed E-state index contributed by atoms with van der Waals surface area (Å²) in [5.74, 6) is 0.433. The van der Waals surface area contributed by atoms with E-state index < -0.39 is 0 Å². The average Bonchev–Trinajstić information content (AvgIpc) is 2.13. The summed E-state index contributed by atoms with van der Waals surface area (Å²) in [6.45, 7) is 3.79. The number of hydrogen-bond acceptors (Lipinski definition) is 1. The highest BCUT2D eigenvalue weighted by Gasteiger charge is 2.08. The van der Waals surface area contributed by atoms with Gasteiger partial charge in [0.1, 0.15) is 0 Å². The van der Waals surface area contributed by atoms with Crippen molar-refractivity contribution in [2.24, 2.45) is 0 Å². The summed E-state index contributed by atoms with van der Waals surface area (Å²) >= 11 is 11.5. The fourth-order valence-electron chi connectivity index (χ4n) is 1.34. The second kappa shape index (κ2) is 4.81. The fourth-order valence-corrected chi connectivity index (χ4v) is 1.62. The molecule has 0 aliphatic rings. The molecule has 0 aliphatic carbocycles. The van der Waals surface area contributed by atoms with Gasteiger partial charge in [-0.1, -0.05) is 11.6 Å². The summed E-state index contributed by atoms with van der Waals surface area (Å²) in [5.41, 5.74) is 2.57. The van der Waals surface area contributed by atoms with Crippen LogP contribution in [0.4, 0.5) is 0 Å². The Kier molecular flexibility index (Phi) is 3.97. The Morgan fingerprint density at radius 3 is 2.21 bits per heavy atom. The Balaban J connectivity index is 3.06. The van der Waals surface area contributed by atoms with E-state index in [0.717, 1.165) is 16.1 Å². The number of benzene rings is 1. The van der Waals surface area contributed by atoms with Crippen LogP contribution in [0.5, 0.6) is 0 Å². The summed E-state index contributed by atoms with van der Waals surface area (Å²) in [5, 5.41) is 0.729. The van der Waals surface area contributed by atoms with Crippen LogP contribution in [0.3, 0.4) is 0 Å². The highest BCUT2D eigenvalue weighted by molar-refractivity contribution is 6.32. The van der Waals surface area contributed by atoms with Crippen LogP contribution in [-0.4, -0.2) is 11.7 Å². The number of carbonyl (C=O) groups is 1. The number of hydrogen-bond donors (Lipinski definition) is 0. The van der Waals surface area contributed by atoms with Crippen molar-refractivity contribution in [1.82, 2.24) is 0 Å². The zero-order valence-corrected chi connectivity index (χ0v) is 9.74. The van der Waals surface area contributed by atoms with E-state index in [1.807, 2.05) is 26.0 Å². The van der Waals surface area contributed by atoms with Crippen LogP contribution in [0.1, 0.15) is 27.9 Å². The van der Waals surface area contributed by atoms with Crippen molar-refractivity contribution >= 4 is 29.0 Å². The molecule has 1 aromatic rings. The van der Waals surface area contributed by atoms with E-state index in [4.69, 9.17) is 23.2 Å².